The average Bonchev–Trinajstić information content (AvgIpc) is 2.72. The molecule has 1 aromatic heterocycles. The van der Waals surface area contributed by atoms with Gasteiger partial charge in [0.2, 0.25) is 11.8 Å². The number of nitrogens with zero attached hydrogens (tertiary/aromatic N) is 4. The molecule has 0 radical (unpaired) electrons. The summed E-state index contributed by atoms with van der Waals surface area (Å²) in [6.07, 6.45) is 0.511. The molecule has 3 rings (SSSR count). The van der Waals surface area contributed by atoms with E-state index in [9.17, 15) is 19.2 Å². The molecule has 0 bridgehead atoms. The average molecular weight is 290 g/mol. The van der Waals surface area contributed by atoms with Gasteiger partial charge < -0.3 is 4.90 Å². The van der Waals surface area contributed by atoms with Gasteiger partial charge in [0, 0.05) is 39.0 Å². The van der Waals surface area contributed by atoms with Crippen molar-refractivity contribution in [3.63, 3.8) is 0 Å². The quantitative estimate of drug-likeness (QED) is 0.635. The van der Waals surface area contributed by atoms with E-state index in [1.165, 1.54) is 29.0 Å². The number of hydrogen-bond donors (Lipinski definition) is 0. The van der Waals surface area contributed by atoms with Crippen LogP contribution in [0.25, 0.3) is 0 Å². The predicted octanol–water partition coefficient (Wildman–Crippen LogP) is -1.25. The van der Waals surface area contributed by atoms with Crippen LogP contribution in [0.1, 0.15) is 23.3 Å². The number of rotatable bonds is 2. The van der Waals surface area contributed by atoms with Crippen LogP contribution in [-0.2, 0) is 16.6 Å². The van der Waals surface area contributed by atoms with Gasteiger partial charge in [-0.1, -0.05) is 0 Å². The Morgan fingerprint density at radius 1 is 1.14 bits per heavy atom. The first-order valence-corrected chi connectivity index (χ1v) is 6.66. The first-order valence-electron chi connectivity index (χ1n) is 6.66. The number of carbonyl (C=O) groups excluding carboxylic acids is 3. The van der Waals surface area contributed by atoms with E-state index in [4.69, 9.17) is 0 Å². The van der Waals surface area contributed by atoms with Gasteiger partial charge in [-0.2, -0.15) is 5.10 Å². The summed E-state index contributed by atoms with van der Waals surface area (Å²) >= 11 is 0. The van der Waals surface area contributed by atoms with Gasteiger partial charge in [-0.3, -0.25) is 24.1 Å². The van der Waals surface area contributed by atoms with Crippen molar-refractivity contribution in [2.45, 2.75) is 18.9 Å². The van der Waals surface area contributed by atoms with Gasteiger partial charge >= 0.3 is 0 Å². The monoisotopic (exact) mass is 290 g/mol. The Labute approximate surface area is 119 Å². The van der Waals surface area contributed by atoms with Gasteiger partial charge in [0.1, 0.15) is 5.69 Å². The summed E-state index contributed by atoms with van der Waals surface area (Å²) in [5.41, 5.74) is -0.115. The third kappa shape index (κ3) is 2.22. The third-order valence-electron chi connectivity index (χ3n) is 3.78. The zero-order valence-electron chi connectivity index (χ0n) is 11.5. The van der Waals surface area contributed by atoms with E-state index in [0.29, 0.717) is 13.1 Å². The lowest BCUT2D eigenvalue weighted by molar-refractivity contribution is -0.144. The summed E-state index contributed by atoms with van der Waals surface area (Å²) in [7, 11) is 1.47. The van der Waals surface area contributed by atoms with E-state index in [1.807, 2.05) is 0 Å². The highest BCUT2D eigenvalue weighted by atomic mass is 16.2. The zero-order valence-corrected chi connectivity index (χ0v) is 11.5. The summed E-state index contributed by atoms with van der Waals surface area (Å²) < 4.78 is 1.10. The van der Waals surface area contributed by atoms with Crippen LogP contribution in [0.5, 0.6) is 0 Å². The van der Waals surface area contributed by atoms with Gasteiger partial charge in [0.25, 0.3) is 11.5 Å². The van der Waals surface area contributed by atoms with Crippen LogP contribution in [0.2, 0.25) is 0 Å². The van der Waals surface area contributed by atoms with Crippen LogP contribution in [0, 0.1) is 0 Å². The Hall–Kier alpha value is -2.51. The second-order valence-corrected chi connectivity index (χ2v) is 5.20. The maximum atomic E-state index is 12.2. The fraction of sp³-hybridized carbons (Fsp3) is 0.462. The number of amides is 3. The number of likely N-dealkylation sites (tertiary alicyclic amines) is 2. The number of aromatic nitrogens is 2. The molecule has 3 heterocycles. The second-order valence-electron chi connectivity index (χ2n) is 5.20. The summed E-state index contributed by atoms with van der Waals surface area (Å²) in [4.78, 5) is 49.4. The number of imide groups is 1. The maximum Gasteiger partial charge on any atom is 0.274 e. The smallest absolute Gasteiger partial charge is 0.274 e. The van der Waals surface area contributed by atoms with Gasteiger partial charge in [-0.25, -0.2) is 4.68 Å². The molecule has 2 aliphatic heterocycles. The summed E-state index contributed by atoms with van der Waals surface area (Å²) in [6.45, 7) is 0.641. The van der Waals surface area contributed by atoms with E-state index < -0.39 is 0 Å². The SMILES string of the molecule is Cn1nc(C(=O)N2CC(N3C(=O)CCC3=O)C2)ccc1=O. The van der Waals surface area contributed by atoms with Crippen LogP contribution in [0.4, 0.5) is 0 Å². The molecule has 21 heavy (non-hydrogen) atoms. The largest absolute Gasteiger partial charge is 0.333 e. The molecular weight excluding hydrogens is 276 g/mol. The predicted molar refractivity (Wildman–Crippen MR) is 70.3 cm³/mol. The highest BCUT2D eigenvalue weighted by Crippen LogP contribution is 2.23. The number of hydrogen-bond acceptors (Lipinski definition) is 5. The van der Waals surface area contributed by atoms with Crippen molar-refractivity contribution >= 4 is 17.7 Å². The molecule has 0 aliphatic carbocycles. The molecule has 0 unspecified atom stereocenters. The molecule has 2 fully saturated rings. The normalized spacial score (nSPS) is 19.1. The first kappa shape index (κ1) is 13.5. The van der Waals surface area contributed by atoms with E-state index in [-0.39, 0.29) is 47.9 Å². The lowest BCUT2D eigenvalue weighted by Gasteiger charge is -2.42. The topological polar surface area (TPSA) is 92.6 Å². The van der Waals surface area contributed by atoms with Crippen molar-refractivity contribution in [2.75, 3.05) is 13.1 Å². The minimum absolute atomic E-state index is 0.169. The number of aryl methyl sites for hydroxylation is 1. The van der Waals surface area contributed by atoms with Gasteiger partial charge in [0.05, 0.1) is 6.04 Å². The third-order valence-corrected chi connectivity index (χ3v) is 3.78. The fourth-order valence-corrected chi connectivity index (χ4v) is 2.56. The molecule has 0 atom stereocenters. The summed E-state index contributed by atoms with van der Waals surface area (Å²) in [6, 6.07) is 2.43. The van der Waals surface area contributed by atoms with Crippen molar-refractivity contribution in [1.82, 2.24) is 19.6 Å². The fourth-order valence-electron chi connectivity index (χ4n) is 2.56. The Morgan fingerprint density at radius 3 is 2.33 bits per heavy atom. The lowest BCUT2D eigenvalue weighted by atomic mass is 10.1. The molecule has 3 amide bonds. The number of carbonyl (C=O) groups is 3. The van der Waals surface area contributed by atoms with Gasteiger partial charge in [-0.15, -0.1) is 0 Å². The zero-order chi connectivity index (χ0) is 15.1. The van der Waals surface area contributed by atoms with Gasteiger partial charge in [0.15, 0.2) is 0 Å². The highest BCUT2D eigenvalue weighted by Gasteiger charge is 2.43. The molecule has 2 aliphatic rings. The van der Waals surface area contributed by atoms with Crippen molar-refractivity contribution < 1.29 is 14.4 Å². The van der Waals surface area contributed by atoms with Crippen molar-refractivity contribution in [3.8, 4) is 0 Å². The van der Waals surface area contributed by atoms with Crippen molar-refractivity contribution in [2.24, 2.45) is 7.05 Å². The molecule has 2 saturated heterocycles. The maximum absolute atomic E-state index is 12.2. The highest BCUT2D eigenvalue weighted by molar-refractivity contribution is 6.02. The van der Waals surface area contributed by atoms with Crippen LogP contribution in [0.3, 0.4) is 0 Å². The summed E-state index contributed by atoms with van der Waals surface area (Å²) in [5.74, 6) is -0.643. The molecule has 8 nitrogen and oxygen atoms in total. The second kappa shape index (κ2) is 4.80. The van der Waals surface area contributed by atoms with Crippen LogP contribution >= 0.6 is 0 Å². The molecular formula is C13H14N4O4. The van der Waals surface area contributed by atoms with E-state index in [2.05, 4.69) is 5.10 Å². The molecule has 1 aromatic rings. The Balaban J connectivity index is 1.67. The van der Waals surface area contributed by atoms with Crippen molar-refractivity contribution in [1.29, 1.82) is 0 Å². The molecule has 0 saturated carbocycles. The molecule has 110 valence electrons. The first-order chi connectivity index (χ1) is 9.97. The van der Waals surface area contributed by atoms with Gasteiger partial charge in [-0.05, 0) is 6.07 Å². The molecule has 0 aromatic carbocycles. The molecule has 8 heteroatoms. The lowest BCUT2D eigenvalue weighted by Crippen LogP contribution is -2.62. The van der Waals surface area contributed by atoms with E-state index in [0.717, 1.165) is 4.68 Å². The van der Waals surface area contributed by atoms with Crippen molar-refractivity contribution in [3.05, 3.63) is 28.2 Å². The van der Waals surface area contributed by atoms with E-state index in [1.54, 1.807) is 0 Å². The van der Waals surface area contributed by atoms with E-state index >= 15 is 0 Å². The molecule has 0 spiro atoms. The standard InChI is InChI=1S/C13H14N4O4/c1-15-10(18)3-2-9(14-15)13(21)16-6-8(7-16)17-11(19)4-5-12(17)20/h2-3,8H,4-7H2,1H3. The Morgan fingerprint density at radius 2 is 1.76 bits per heavy atom. The van der Waals surface area contributed by atoms with Crippen LogP contribution < -0.4 is 5.56 Å². The van der Waals surface area contributed by atoms with Crippen LogP contribution in [0.15, 0.2) is 16.9 Å². The Bertz CT molecular complexity index is 674. The molecule has 0 N–H and O–H groups in total. The minimum atomic E-state index is -0.305. The van der Waals surface area contributed by atoms with Crippen LogP contribution in [-0.4, -0.2) is 56.4 Å². The minimum Gasteiger partial charge on any atom is -0.333 e. The Kier molecular flexibility index (Phi) is 3.08. The summed E-state index contributed by atoms with van der Waals surface area (Å²) in [5, 5.41) is 3.89.